The van der Waals surface area contributed by atoms with E-state index in [1.807, 2.05) is 19.0 Å². The minimum Gasteiger partial charge on any atom is -0.366 e. The number of nitrogens with one attached hydrogen (secondary N) is 2. The summed E-state index contributed by atoms with van der Waals surface area (Å²) in [5.74, 6) is -0.323. The van der Waals surface area contributed by atoms with Crippen LogP contribution in [0.15, 0.2) is 29.1 Å². The van der Waals surface area contributed by atoms with E-state index in [0.29, 0.717) is 44.3 Å². The van der Waals surface area contributed by atoms with Gasteiger partial charge < -0.3 is 20.9 Å². The number of fused-ring (bicyclic) bond motifs is 1. The number of carbonyl (C=O) groups is 2. The van der Waals surface area contributed by atoms with Gasteiger partial charge in [0.2, 0.25) is 5.91 Å². The van der Waals surface area contributed by atoms with E-state index in [-0.39, 0.29) is 11.5 Å². The van der Waals surface area contributed by atoms with Crippen LogP contribution in [-0.2, 0) is 6.54 Å². The van der Waals surface area contributed by atoms with Gasteiger partial charge in [-0.3, -0.25) is 14.4 Å². The van der Waals surface area contributed by atoms with Gasteiger partial charge in [0.15, 0.2) is 0 Å². The molecule has 0 aliphatic heterocycles. The predicted molar refractivity (Wildman–Crippen MR) is 105 cm³/mol. The van der Waals surface area contributed by atoms with Crippen LogP contribution in [0.3, 0.4) is 0 Å². The predicted octanol–water partition coefficient (Wildman–Crippen LogP) is 1.71. The van der Waals surface area contributed by atoms with E-state index >= 15 is 0 Å². The Morgan fingerprint density at radius 2 is 1.93 bits per heavy atom. The maximum Gasteiger partial charge on any atom is 0.266 e. The number of hydrogen-bond donors (Lipinski definition) is 3. The fraction of sp³-hybridized carbons (Fsp3) is 0.222. The lowest BCUT2D eigenvalue weighted by Gasteiger charge is -2.07. The largest absolute Gasteiger partial charge is 0.366 e. The van der Waals surface area contributed by atoms with E-state index in [2.05, 4.69) is 15.3 Å². The molecule has 1 aromatic carbocycles. The van der Waals surface area contributed by atoms with Crippen molar-refractivity contribution < 1.29 is 9.59 Å². The first-order chi connectivity index (χ1) is 12.8. The summed E-state index contributed by atoms with van der Waals surface area (Å²) in [7, 11) is 3.76. The molecule has 0 atom stereocenters. The minimum atomic E-state index is -0.535. The van der Waals surface area contributed by atoms with Crippen molar-refractivity contribution in [3.05, 3.63) is 56.4 Å². The summed E-state index contributed by atoms with van der Waals surface area (Å²) in [5, 5.41) is 3.19. The van der Waals surface area contributed by atoms with Crippen LogP contribution in [0, 0.1) is 6.92 Å². The van der Waals surface area contributed by atoms with Crippen LogP contribution in [0.25, 0.3) is 10.2 Å². The average Bonchev–Trinajstić information content (AvgIpc) is 2.92. The normalized spacial score (nSPS) is 11.1. The van der Waals surface area contributed by atoms with Gasteiger partial charge in [-0.15, -0.1) is 11.3 Å². The van der Waals surface area contributed by atoms with Crippen LogP contribution in [0.5, 0.6) is 0 Å². The van der Waals surface area contributed by atoms with Gasteiger partial charge in [0.05, 0.1) is 16.8 Å². The van der Waals surface area contributed by atoms with Crippen LogP contribution in [-0.4, -0.2) is 40.8 Å². The smallest absolute Gasteiger partial charge is 0.266 e. The molecule has 0 spiro atoms. The molecule has 0 unspecified atom stereocenters. The Balaban J connectivity index is 1.92. The Labute approximate surface area is 159 Å². The molecule has 27 heavy (non-hydrogen) atoms. The Kier molecular flexibility index (Phi) is 5.06. The van der Waals surface area contributed by atoms with Crippen LogP contribution in [0.2, 0.25) is 0 Å². The summed E-state index contributed by atoms with van der Waals surface area (Å²) in [6.07, 6.45) is 0. The zero-order chi connectivity index (χ0) is 19.7. The number of aryl methyl sites for hydroxylation is 1. The molecule has 8 nitrogen and oxygen atoms in total. The number of rotatable bonds is 5. The Hall–Kier alpha value is -3.04. The molecular formula is C18H19N5O3S. The molecule has 4 N–H and O–H groups in total. The zero-order valence-corrected chi connectivity index (χ0v) is 15.9. The lowest BCUT2D eigenvalue weighted by atomic mass is 10.2. The molecule has 0 bridgehead atoms. The molecule has 3 aromatic rings. The van der Waals surface area contributed by atoms with Gasteiger partial charge in [-0.1, -0.05) is 0 Å². The second-order valence-corrected chi connectivity index (χ2v) is 7.38. The third kappa shape index (κ3) is 3.88. The molecule has 3 rings (SSSR count). The van der Waals surface area contributed by atoms with Crippen molar-refractivity contribution in [3.63, 3.8) is 0 Å². The first-order valence-corrected chi connectivity index (χ1v) is 8.96. The third-order valence-electron chi connectivity index (χ3n) is 3.95. The van der Waals surface area contributed by atoms with Gasteiger partial charge in [-0.25, -0.2) is 4.98 Å². The number of anilines is 1. The highest BCUT2D eigenvalue weighted by molar-refractivity contribution is 7.20. The number of carbonyl (C=O) groups excluding carboxylic acids is 2. The van der Waals surface area contributed by atoms with E-state index in [9.17, 15) is 14.4 Å². The Bertz CT molecular complexity index is 1080. The second-order valence-electron chi connectivity index (χ2n) is 6.38. The number of H-pyrrole nitrogens is 1. The van der Waals surface area contributed by atoms with Crippen molar-refractivity contribution in [1.82, 2.24) is 14.9 Å². The number of nitrogens with zero attached hydrogens (tertiary/aromatic N) is 2. The number of aromatic nitrogens is 2. The van der Waals surface area contributed by atoms with Crippen molar-refractivity contribution >= 4 is 39.1 Å². The van der Waals surface area contributed by atoms with E-state index in [1.54, 1.807) is 19.1 Å². The lowest BCUT2D eigenvalue weighted by molar-refractivity contribution is 0.0998. The maximum absolute atomic E-state index is 12.7. The topological polar surface area (TPSA) is 121 Å². The number of nitrogens with two attached hydrogens (primary N) is 1. The van der Waals surface area contributed by atoms with Gasteiger partial charge in [0.25, 0.3) is 11.5 Å². The summed E-state index contributed by atoms with van der Waals surface area (Å²) < 4.78 is 0. The number of primary amides is 1. The van der Waals surface area contributed by atoms with Crippen LogP contribution < -0.4 is 16.6 Å². The fourth-order valence-corrected chi connectivity index (χ4v) is 3.78. The molecule has 0 aliphatic rings. The van der Waals surface area contributed by atoms with Crippen molar-refractivity contribution in [3.8, 4) is 0 Å². The van der Waals surface area contributed by atoms with Crippen LogP contribution in [0.1, 0.15) is 31.4 Å². The summed E-state index contributed by atoms with van der Waals surface area (Å²) >= 11 is 1.18. The summed E-state index contributed by atoms with van der Waals surface area (Å²) in [5.41, 5.74) is 6.43. The third-order valence-corrected chi connectivity index (χ3v) is 5.13. The minimum absolute atomic E-state index is 0.254. The molecule has 0 saturated carbocycles. The summed E-state index contributed by atoms with van der Waals surface area (Å²) in [4.78, 5) is 46.3. The van der Waals surface area contributed by atoms with Crippen LogP contribution in [0.4, 0.5) is 5.69 Å². The molecular weight excluding hydrogens is 366 g/mol. The van der Waals surface area contributed by atoms with Gasteiger partial charge in [-0.2, -0.15) is 0 Å². The Morgan fingerprint density at radius 3 is 2.52 bits per heavy atom. The molecule has 140 valence electrons. The number of aromatic amines is 1. The maximum atomic E-state index is 12.7. The zero-order valence-electron chi connectivity index (χ0n) is 15.1. The number of benzene rings is 1. The molecule has 2 heterocycles. The molecule has 2 amide bonds. The average molecular weight is 385 g/mol. The molecule has 0 fully saturated rings. The van der Waals surface area contributed by atoms with Crippen molar-refractivity contribution in [2.45, 2.75) is 13.5 Å². The fourth-order valence-electron chi connectivity index (χ4n) is 2.69. The summed E-state index contributed by atoms with van der Waals surface area (Å²) in [6, 6.07) is 6.27. The number of hydrogen-bond acceptors (Lipinski definition) is 6. The van der Waals surface area contributed by atoms with E-state index in [0.717, 1.165) is 0 Å². The van der Waals surface area contributed by atoms with Crippen LogP contribution >= 0.6 is 11.3 Å². The standard InChI is InChI=1S/C18H19N5O3S/c1-9-13-16(25)21-12(8-23(2)3)22-18(13)27-14(9)17(26)20-11-6-4-10(5-7-11)15(19)24/h4-7H,8H2,1-3H3,(H2,19,24)(H,20,26)(H,21,22,25). The van der Waals surface area contributed by atoms with E-state index in [4.69, 9.17) is 5.73 Å². The molecule has 0 saturated heterocycles. The quantitative estimate of drug-likeness (QED) is 0.617. The Morgan fingerprint density at radius 1 is 1.26 bits per heavy atom. The van der Waals surface area contributed by atoms with E-state index < -0.39 is 5.91 Å². The number of amides is 2. The highest BCUT2D eigenvalue weighted by Gasteiger charge is 2.19. The van der Waals surface area contributed by atoms with E-state index in [1.165, 1.54) is 23.5 Å². The van der Waals surface area contributed by atoms with Crippen molar-refractivity contribution in [2.24, 2.45) is 5.73 Å². The molecule has 2 aromatic heterocycles. The van der Waals surface area contributed by atoms with Gasteiger partial charge in [-0.05, 0) is 50.8 Å². The molecule has 9 heteroatoms. The first kappa shape index (κ1) is 18.7. The van der Waals surface area contributed by atoms with Gasteiger partial charge in [0.1, 0.15) is 10.7 Å². The van der Waals surface area contributed by atoms with Gasteiger partial charge >= 0.3 is 0 Å². The SMILES string of the molecule is Cc1c(C(=O)Nc2ccc(C(N)=O)cc2)sc2nc(CN(C)C)[nH]c(=O)c12. The molecule has 0 aliphatic carbocycles. The lowest BCUT2D eigenvalue weighted by Crippen LogP contribution is -2.18. The monoisotopic (exact) mass is 385 g/mol. The first-order valence-electron chi connectivity index (χ1n) is 8.14. The van der Waals surface area contributed by atoms with Crippen molar-refractivity contribution in [2.75, 3.05) is 19.4 Å². The second kappa shape index (κ2) is 7.29. The molecule has 0 radical (unpaired) electrons. The summed E-state index contributed by atoms with van der Waals surface area (Å²) in [6.45, 7) is 2.22. The number of thiophene rings is 1. The van der Waals surface area contributed by atoms with Crippen molar-refractivity contribution in [1.29, 1.82) is 0 Å². The highest BCUT2D eigenvalue weighted by Crippen LogP contribution is 2.28. The van der Waals surface area contributed by atoms with Gasteiger partial charge in [0, 0.05) is 11.3 Å². The highest BCUT2D eigenvalue weighted by atomic mass is 32.1.